The SMILES string of the molecule is CC(=C/C=C/Cc1ncccn1)/N=C(\C)C(=O)N1CCC[C@@H](NC2=NC=C(C(F)(F)F)C=CC2)C1. The number of piperidine rings is 1. The summed E-state index contributed by atoms with van der Waals surface area (Å²) >= 11 is 0. The third-order valence-electron chi connectivity index (χ3n) is 5.42. The van der Waals surface area contributed by atoms with Crippen LogP contribution in [0.15, 0.2) is 76.3 Å². The summed E-state index contributed by atoms with van der Waals surface area (Å²) in [4.78, 5) is 31.4. The van der Waals surface area contributed by atoms with Crippen LogP contribution in [0.3, 0.4) is 0 Å². The highest BCUT2D eigenvalue weighted by Crippen LogP contribution is 2.27. The molecule has 2 aliphatic heterocycles. The van der Waals surface area contributed by atoms with Crippen molar-refractivity contribution in [3.63, 3.8) is 0 Å². The Morgan fingerprint density at radius 3 is 2.80 bits per heavy atom. The first-order chi connectivity index (χ1) is 16.7. The zero-order valence-corrected chi connectivity index (χ0v) is 19.8. The van der Waals surface area contributed by atoms with Gasteiger partial charge in [-0.25, -0.2) is 15.0 Å². The predicted octanol–water partition coefficient (Wildman–Crippen LogP) is 4.33. The van der Waals surface area contributed by atoms with Gasteiger partial charge in [0.25, 0.3) is 5.91 Å². The normalized spacial score (nSPS) is 19.9. The molecule has 1 aromatic rings. The van der Waals surface area contributed by atoms with E-state index in [-0.39, 0.29) is 18.4 Å². The number of carbonyl (C=O) groups excluding carboxylic acids is 1. The van der Waals surface area contributed by atoms with Gasteiger partial charge in [0.15, 0.2) is 0 Å². The van der Waals surface area contributed by atoms with Crippen LogP contribution in [0.5, 0.6) is 0 Å². The Hall–Kier alpha value is -3.56. The number of aromatic nitrogens is 2. The van der Waals surface area contributed by atoms with Gasteiger partial charge in [-0.15, -0.1) is 0 Å². The van der Waals surface area contributed by atoms with Crippen molar-refractivity contribution < 1.29 is 18.0 Å². The number of rotatable bonds is 6. The average molecular weight is 487 g/mol. The van der Waals surface area contributed by atoms with Crippen molar-refractivity contribution in [3.8, 4) is 0 Å². The molecule has 1 N–H and O–H groups in total. The lowest BCUT2D eigenvalue weighted by atomic mass is 10.0. The van der Waals surface area contributed by atoms with Crippen molar-refractivity contribution in [1.29, 1.82) is 0 Å². The highest BCUT2D eigenvalue weighted by molar-refractivity contribution is 6.38. The van der Waals surface area contributed by atoms with E-state index in [0.29, 0.717) is 36.8 Å². The summed E-state index contributed by atoms with van der Waals surface area (Å²) in [5, 5.41) is 3.20. The van der Waals surface area contributed by atoms with E-state index in [1.54, 1.807) is 30.3 Å². The molecule has 1 saturated heterocycles. The molecule has 3 rings (SSSR count). The number of allylic oxidation sites excluding steroid dienone is 6. The summed E-state index contributed by atoms with van der Waals surface area (Å²) in [6, 6.07) is 1.67. The number of aliphatic imine (C=N–C) groups is 2. The molecule has 1 amide bonds. The molecule has 186 valence electrons. The number of alkyl halides is 3. The lowest BCUT2D eigenvalue weighted by Crippen LogP contribution is -2.50. The second-order valence-electron chi connectivity index (χ2n) is 8.30. The van der Waals surface area contributed by atoms with Gasteiger partial charge in [0.05, 0.1) is 5.57 Å². The zero-order valence-electron chi connectivity index (χ0n) is 19.8. The Bertz CT molecular complexity index is 1070. The van der Waals surface area contributed by atoms with Gasteiger partial charge in [0, 0.05) is 56.3 Å². The van der Waals surface area contributed by atoms with Crippen LogP contribution < -0.4 is 5.32 Å². The third-order valence-corrected chi connectivity index (χ3v) is 5.42. The third kappa shape index (κ3) is 8.31. The smallest absolute Gasteiger partial charge is 0.369 e. The van der Waals surface area contributed by atoms with Gasteiger partial charge in [-0.3, -0.25) is 9.79 Å². The number of amidine groups is 1. The standard InChI is InChI=1S/C25H29F3N6O/c1-18(8-3-4-11-22-29-13-7-14-30-22)32-19(2)24(35)34-15-6-10-21(17-34)33-23-12-5-9-20(16-31-23)25(26,27)28/h3-5,7-9,13-14,16,21H,6,10-12,15,17H2,1-2H3,(H,31,33)/b4-3+,18-8-,32-19+/t21-/m1/s1. The average Bonchev–Trinajstić information content (AvgIpc) is 3.08. The summed E-state index contributed by atoms with van der Waals surface area (Å²) in [6.45, 7) is 4.54. The van der Waals surface area contributed by atoms with E-state index in [1.807, 2.05) is 25.2 Å². The highest BCUT2D eigenvalue weighted by atomic mass is 19.4. The van der Waals surface area contributed by atoms with Gasteiger partial charge in [-0.05, 0) is 38.8 Å². The molecule has 1 atom stereocenters. The van der Waals surface area contributed by atoms with Crippen LogP contribution in [-0.4, -0.2) is 57.6 Å². The number of nitrogens with one attached hydrogen (secondary N) is 1. The molecule has 1 aromatic heterocycles. The van der Waals surface area contributed by atoms with Crippen LogP contribution in [-0.2, 0) is 11.2 Å². The Labute approximate surface area is 203 Å². The van der Waals surface area contributed by atoms with Gasteiger partial charge in [-0.1, -0.05) is 24.3 Å². The van der Waals surface area contributed by atoms with Crippen LogP contribution in [0, 0.1) is 0 Å². The number of hydrogen-bond acceptors (Lipinski definition) is 6. The molecule has 1 fully saturated rings. The Kier molecular flexibility index (Phi) is 9.11. The minimum absolute atomic E-state index is 0.0896. The fourth-order valence-corrected chi connectivity index (χ4v) is 3.71. The summed E-state index contributed by atoms with van der Waals surface area (Å²) in [6.07, 6.45) is 10.3. The molecule has 3 heterocycles. The number of carbonyl (C=O) groups is 1. The first-order valence-electron chi connectivity index (χ1n) is 11.4. The molecule has 10 heteroatoms. The Morgan fingerprint density at radius 2 is 2.06 bits per heavy atom. The van der Waals surface area contributed by atoms with E-state index in [9.17, 15) is 18.0 Å². The van der Waals surface area contributed by atoms with Crippen molar-refractivity contribution in [1.82, 2.24) is 20.2 Å². The van der Waals surface area contributed by atoms with E-state index in [1.165, 1.54) is 6.08 Å². The Balaban J connectivity index is 1.55. The lowest BCUT2D eigenvalue weighted by Gasteiger charge is -2.33. The predicted molar refractivity (Wildman–Crippen MR) is 130 cm³/mol. The van der Waals surface area contributed by atoms with Crippen LogP contribution in [0.2, 0.25) is 0 Å². The second-order valence-corrected chi connectivity index (χ2v) is 8.30. The maximum absolute atomic E-state index is 12.9. The number of likely N-dealkylation sites (tertiary alicyclic amines) is 1. The van der Waals surface area contributed by atoms with Gasteiger partial charge in [0.2, 0.25) is 0 Å². The van der Waals surface area contributed by atoms with Gasteiger partial charge < -0.3 is 10.2 Å². The van der Waals surface area contributed by atoms with Gasteiger partial charge >= 0.3 is 6.18 Å². The molecule has 0 radical (unpaired) electrons. The summed E-state index contributed by atoms with van der Waals surface area (Å²) < 4.78 is 38.7. The first kappa shape index (κ1) is 26.1. The van der Waals surface area contributed by atoms with Crippen LogP contribution in [0.1, 0.15) is 38.9 Å². The fraction of sp³-hybridized carbons (Fsp3) is 0.400. The number of nitrogens with zero attached hydrogens (tertiary/aromatic N) is 5. The van der Waals surface area contributed by atoms with E-state index in [2.05, 4.69) is 25.3 Å². The van der Waals surface area contributed by atoms with E-state index >= 15 is 0 Å². The summed E-state index contributed by atoms with van der Waals surface area (Å²) in [5.74, 6) is 1.02. The molecule has 0 unspecified atom stereocenters. The van der Waals surface area contributed by atoms with Crippen molar-refractivity contribution in [2.24, 2.45) is 9.98 Å². The number of halogens is 3. The fourth-order valence-electron chi connectivity index (χ4n) is 3.71. The van der Waals surface area contributed by atoms with Gasteiger partial charge in [-0.2, -0.15) is 13.2 Å². The topological polar surface area (TPSA) is 82.8 Å². The molecule has 0 aromatic carbocycles. The molecular formula is C25H29F3N6O. The monoisotopic (exact) mass is 486 g/mol. The summed E-state index contributed by atoms with van der Waals surface area (Å²) in [5.41, 5.74) is 0.291. The number of amides is 1. The van der Waals surface area contributed by atoms with E-state index < -0.39 is 11.7 Å². The van der Waals surface area contributed by atoms with Gasteiger partial charge in [0.1, 0.15) is 17.4 Å². The molecular weight excluding hydrogens is 457 g/mol. The minimum atomic E-state index is -4.43. The quantitative estimate of drug-likeness (QED) is 0.480. The maximum atomic E-state index is 12.9. The largest absolute Gasteiger partial charge is 0.417 e. The first-order valence-corrected chi connectivity index (χ1v) is 11.4. The van der Waals surface area contributed by atoms with Crippen LogP contribution >= 0.6 is 0 Å². The summed E-state index contributed by atoms with van der Waals surface area (Å²) in [7, 11) is 0. The van der Waals surface area contributed by atoms with Crippen molar-refractivity contribution in [2.75, 3.05) is 13.1 Å². The molecule has 0 bridgehead atoms. The van der Waals surface area contributed by atoms with Crippen LogP contribution in [0.4, 0.5) is 13.2 Å². The highest BCUT2D eigenvalue weighted by Gasteiger charge is 2.32. The van der Waals surface area contributed by atoms with Crippen LogP contribution in [0.25, 0.3) is 0 Å². The molecule has 0 saturated carbocycles. The zero-order chi connectivity index (χ0) is 25.3. The molecule has 0 aliphatic carbocycles. The van der Waals surface area contributed by atoms with E-state index in [4.69, 9.17) is 0 Å². The molecule has 35 heavy (non-hydrogen) atoms. The maximum Gasteiger partial charge on any atom is 0.417 e. The second kappa shape index (κ2) is 12.2. The molecule has 0 spiro atoms. The molecule has 2 aliphatic rings. The Morgan fingerprint density at radius 1 is 1.29 bits per heavy atom. The minimum Gasteiger partial charge on any atom is -0.369 e. The molecule has 7 nitrogen and oxygen atoms in total. The van der Waals surface area contributed by atoms with Crippen molar-refractivity contribution in [2.45, 2.75) is 51.7 Å². The lowest BCUT2D eigenvalue weighted by molar-refractivity contribution is -0.125. The number of hydrogen-bond donors (Lipinski definition) is 1. The van der Waals surface area contributed by atoms with E-state index in [0.717, 1.165) is 30.9 Å². The van der Waals surface area contributed by atoms with Crippen molar-refractivity contribution >= 4 is 17.5 Å². The van der Waals surface area contributed by atoms with Crippen molar-refractivity contribution in [3.05, 3.63) is 72.1 Å².